The van der Waals surface area contributed by atoms with Gasteiger partial charge >= 0.3 is 0 Å². The Hall–Kier alpha value is -0.520. The van der Waals surface area contributed by atoms with Crippen molar-refractivity contribution in [3.63, 3.8) is 0 Å². The zero-order valence-electron chi connectivity index (χ0n) is 11.0. The van der Waals surface area contributed by atoms with Gasteiger partial charge in [0.1, 0.15) is 10.0 Å². The number of rotatable bonds is 9. The Morgan fingerprint density at radius 3 is 2.88 bits per heavy atom. The monoisotopic (exact) mass is 257 g/mol. The molecule has 0 aliphatic carbocycles. The first-order valence-corrected chi connectivity index (χ1v) is 7.11. The Bertz CT molecular complexity index is 304. The second-order valence-electron chi connectivity index (χ2n) is 4.22. The molecule has 4 nitrogen and oxygen atoms in total. The average molecular weight is 257 g/mol. The first-order chi connectivity index (χ1) is 8.27. The van der Waals surface area contributed by atoms with Crippen LogP contribution in [0.3, 0.4) is 0 Å². The molecule has 0 fully saturated rings. The van der Waals surface area contributed by atoms with Crippen molar-refractivity contribution < 1.29 is 4.74 Å². The Morgan fingerprint density at radius 2 is 2.18 bits per heavy atom. The quantitative estimate of drug-likeness (QED) is 0.689. The molecule has 0 amide bonds. The predicted octanol–water partition coefficient (Wildman–Crippen LogP) is 2.22. The van der Waals surface area contributed by atoms with Gasteiger partial charge in [-0.15, -0.1) is 21.5 Å². The van der Waals surface area contributed by atoms with E-state index in [0.29, 0.717) is 5.92 Å². The van der Waals surface area contributed by atoms with Crippen LogP contribution in [0.25, 0.3) is 0 Å². The van der Waals surface area contributed by atoms with Crippen LogP contribution in [-0.2, 0) is 11.2 Å². The fraction of sp³-hybridized carbons (Fsp3) is 0.833. The topological polar surface area (TPSA) is 47.0 Å². The van der Waals surface area contributed by atoms with Crippen LogP contribution < -0.4 is 5.32 Å². The summed E-state index contributed by atoms with van der Waals surface area (Å²) in [6.45, 7) is 7.03. The molecule has 1 aromatic rings. The van der Waals surface area contributed by atoms with E-state index in [1.54, 1.807) is 18.4 Å². The largest absolute Gasteiger partial charge is 0.383 e. The van der Waals surface area contributed by atoms with Gasteiger partial charge in [0.15, 0.2) is 0 Å². The maximum absolute atomic E-state index is 4.97. The molecule has 17 heavy (non-hydrogen) atoms. The molecule has 0 bridgehead atoms. The lowest BCUT2D eigenvalue weighted by Gasteiger charge is -2.03. The van der Waals surface area contributed by atoms with E-state index in [2.05, 4.69) is 29.4 Å². The summed E-state index contributed by atoms with van der Waals surface area (Å²) in [5.41, 5.74) is 0. The van der Waals surface area contributed by atoms with Crippen molar-refractivity contribution in [2.24, 2.45) is 0 Å². The fourth-order valence-electron chi connectivity index (χ4n) is 1.62. The molecule has 0 spiro atoms. The van der Waals surface area contributed by atoms with Crippen molar-refractivity contribution in [2.45, 2.75) is 39.0 Å². The van der Waals surface area contributed by atoms with Gasteiger partial charge < -0.3 is 10.1 Å². The van der Waals surface area contributed by atoms with Crippen LogP contribution in [0.1, 0.15) is 42.6 Å². The third-order valence-electron chi connectivity index (χ3n) is 2.62. The molecule has 0 aliphatic heterocycles. The molecule has 0 saturated heterocycles. The summed E-state index contributed by atoms with van der Waals surface area (Å²) in [4.78, 5) is 0. The number of nitrogens with one attached hydrogen (secondary N) is 1. The number of nitrogens with zero attached hydrogens (tertiary/aromatic N) is 2. The predicted molar refractivity (Wildman–Crippen MR) is 71.7 cm³/mol. The van der Waals surface area contributed by atoms with Gasteiger partial charge in [0, 0.05) is 32.5 Å². The van der Waals surface area contributed by atoms with Crippen LogP contribution in [0.5, 0.6) is 0 Å². The molecule has 0 radical (unpaired) electrons. The molecule has 98 valence electrons. The molecule has 5 heteroatoms. The van der Waals surface area contributed by atoms with Crippen LogP contribution >= 0.6 is 11.3 Å². The van der Waals surface area contributed by atoms with E-state index < -0.39 is 0 Å². The Balaban J connectivity index is 2.25. The van der Waals surface area contributed by atoms with Crippen LogP contribution in [0.15, 0.2) is 0 Å². The summed E-state index contributed by atoms with van der Waals surface area (Å²) in [6.07, 6.45) is 3.36. The molecule has 1 atom stereocenters. The summed E-state index contributed by atoms with van der Waals surface area (Å²) >= 11 is 1.75. The fourth-order valence-corrected chi connectivity index (χ4v) is 2.55. The molecule has 1 aromatic heterocycles. The highest BCUT2D eigenvalue weighted by Gasteiger charge is 2.10. The van der Waals surface area contributed by atoms with Gasteiger partial charge in [-0.2, -0.15) is 0 Å². The average Bonchev–Trinajstić information content (AvgIpc) is 2.78. The molecular formula is C12H23N3OS. The Kier molecular flexibility index (Phi) is 7.32. The summed E-state index contributed by atoms with van der Waals surface area (Å²) in [5.74, 6) is 0.549. The van der Waals surface area contributed by atoms with Crippen molar-refractivity contribution in [1.29, 1.82) is 0 Å². The SMILES string of the molecule is CCCC(C)c1nnc(CCNCCOC)s1. The van der Waals surface area contributed by atoms with E-state index in [-0.39, 0.29) is 0 Å². The smallest absolute Gasteiger partial charge is 0.120 e. The van der Waals surface area contributed by atoms with Crippen LogP contribution in [-0.4, -0.2) is 37.0 Å². The van der Waals surface area contributed by atoms with E-state index in [1.165, 1.54) is 17.8 Å². The Labute approximate surface area is 108 Å². The summed E-state index contributed by atoms with van der Waals surface area (Å²) < 4.78 is 4.97. The third kappa shape index (κ3) is 5.57. The molecule has 1 heterocycles. The van der Waals surface area contributed by atoms with E-state index in [9.17, 15) is 0 Å². The standard InChI is InChI=1S/C12H23N3OS/c1-4-5-10(2)12-15-14-11(17-12)6-7-13-8-9-16-3/h10,13H,4-9H2,1-3H3. The number of hydrogen-bond donors (Lipinski definition) is 1. The van der Waals surface area contributed by atoms with Crippen molar-refractivity contribution in [2.75, 3.05) is 26.8 Å². The van der Waals surface area contributed by atoms with E-state index in [1.807, 2.05) is 0 Å². The van der Waals surface area contributed by atoms with Crippen molar-refractivity contribution in [3.8, 4) is 0 Å². The number of aromatic nitrogens is 2. The molecule has 1 rings (SSSR count). The zero-order chi connectivity index (χ0) is 12.5. The first-order valence-electron chi connectivity index (χ1n) is 6.29. The van der Waals surface area contributed by atoms with E-state index >= 15 is 0 Å². The van der Waals surface area contributed by atoms with Crippen LogP contribution in [0, 0.1) is 0 Å². The molecule has 0 aromatic carbocycles. The molecule has 1 unspecified atom stereocenters. The highest BCUT2D eigenvalue weighted by molar-refractivity contribution is 7.11. The zero-order valence-corrected chi connectivity index (χ0v) is 11.8. The van der Waals surface area contributed by atoms with E-state index in [0.717, 1.165) is 31.1 Å². The highest BCUT2D eigenvalue weighted by atomic mass is 32.1. The first kappa shape index (κ1) is 14.5. The molecular weight excluding hydrogens is 234 g/mol. The van der Waals surface area contributed by atoms with Gasteiger partial charge in [-0.3, -0.25) is 0 Å². The van der Waals surface area contributed by atoms with Crippen LogP contribution in [0.2, 0.25) is 0 Å². The maximum atomic E-state index is 4.97. The lowest BCUT2D eigenvalue weighted by Crippen LogP contribution is -2.21. The summed E-state index contributed by atoms with van der Waals surface area (Å²) in [5, 5.41) is 14.1. The Morgan fingerprint density at radius 1 is 1.35 bits per heavy atom. The lowest BCUT2D eigenvalue weighted by molar-refractivity contribution is 0.199. The van der Waals surface area contributed by atoms with Gasteiger partial charge in [-0.05, 0) is 6.42 Å². The van der Waals surface area contributed by atoms with Gasteiger partial charge in [0.2, 0.25) is 0 Å². The van der Waals surface area contributed by atoms with Crippen molar-refractivity contribution in [1.82, 2.24) is 15.5 Å². The highest BCUT2D eigenvalue weighted by Crippen LogP contribution is 2.23. The minimum atomic E-state index is 0.549. The van der Waals surface area contributed by atoms with Crippen molar-refractivity contribution >= 4 is 11.3 Å². The number of hydrogen-bond acceptors (Lipinski definition) is 5. The third-order valence-corrected chi connectivity index (χ3v) is 3.84. The van der Waals surface area contributed by atoms with Gasteiger partial charge in [0.25, 0.3) is 0 Å². The summed E-state index contributed by atoms with van der Waals surface area (Å²) in [7, 11) is 1.72. The molecule has 0 aliphatic rings. The van der Waals surface area contributed by atoms with Gasteiger partial charge in [-0.1, -0.05) is 20.3 Å². The lowest BCUT2D eigenvalue weighted by atomic mass is 10.1. The molecule has 0 saturated carbocycles. The van der Waals surface area contributed by atoms with Crippen molar-refractivity contribution in [3.05, 3.63) is 10.0 Å². The minimum absolute atomic E-state index is 0.549. The second kappa shape index (κ2) is 8.55. The second-order valence-corrected chi connectivity index (χ2v) is 5.31. The van der Waals surface area contributed by atoms with Gasteiger partial charge in [-0.25, -0.2) is 0 Å². The normalized spacial score (nSPS) is 12.9. The number of methoxy groups -OCH3 is 1. The minimum Gasteiger partial charge on any atom is -0.383 e. The van der Waals surface area contributed by atoms with Crippen LogP contribution in [0.4, 0.5) is 0 Å². The number of ether oxygens (including phenoxy) is 1. The molecule has 1 N–H and O–H groups in total. The summed E-state index contributed by atoms with van der Waals surface area (Å²) in [6, 6.07) is 0. The van der Waals surface area contributed by atoms with E-state index in [4.69, 9.17) is 4.74 Å². The maximum Gasteiger partial charge on any atom is 0.120 e. The van der Waals surface area contributed by atoms with Gasteiger partial charge in [0.05, 0.1) is 6.61 Å².